The van der Waals surface area contributed by atoms with Crippen LogP contribution in [0.2, 0.25) is 0 Å². The van der Waals surface area contributed by atoms with Gasteiger partial charge in [0.05, 0.1) is 16.3 Å². The fraction of sp³-hybridized carbons (Fsp3) is 0.200. The zero-order valence-electron chi connectivity index (χ0n) is 16.2. The van der Waals surface area contributed by atoms with Crippen molar-refractivity contribution in [3.63, 3.8) is 0 Å². The van der Waals surface area contributed by atoms with Crippen LogP contribution in [0, 0.1) is 0 Å². The highest BCUT2D eigenvalue weighted by Crippen LogP contribution is 2.36. The van der Waals surface area contributed by atoms with E-state index >= 15 is 0 Å². The first kappa shape index (κ1) is 19.2. The molecule has 4 aromatic rings. The van der Waals surface area contributed by atoms with Crippen LogP contribution in [0.4, 0.5) is 5.69 Å². The molecule has 5 rings (SSSR count). The Balaban J connectivity index is 1.22. The zero-order valence-corrected chi connectivity index (χ0v) is 17.1. The number of carbonyl (C=O) groups excluding carboxylic acids is 1. The van der Waals surface area contributed by atoms with Gasteiger partial charge in [0.2, 0.25) is 12.0 Å². The number of amides is 1. The van der Waals surface area contributed by atoms with Gasteiger partial charge in [0, 0.05) is 5.69 Å². The Hall–Kier alpha value is -3.73. The lowest BCUT2D eigenvalue weighted by Crippen LogP contribution is -2.22. The molecule has 1 aliphatic rings. The van der Waals surface area contributed by atoms with E-state index in [0.717, 1.165) is 11.8 Å². The van der Waals surface area contributed by atoms with Crippen LogP contribution in [0.15, 0.2) is 56.9 Å². The summed E-state index contributed by atoms with van der Waals surface area (Å²) in [6.07, 6.45) is -0.517. The van der Waals surface area contributed by atoms with Gasteiger partial charge in [-0.2, -0.15) is 0 Å². The summed E-state index contributed by atoms with van der Waals surface area (Å²) in [7, 11) is 0. The van der Waals surface area contributed by atoms with Crippen LogP contribution in [0.1, 0.15) is 18.9 Å². The van der Waals surface area contributed by atoms with E-state index in [4.69, 9.17) is 13.9 Å². The number of rotatable bonds is 5. The Morgan fingerprint density at radius 1 is 1.16 bits per heavy atom. The van der Waals surface area contributed by atoms with Crippen molar-refractivity contribution in [3.8, 4) is 11.5 Å². The summed E-state index contributed by atoms with van der Waals surface area (Å²) < 4.78 is 17.2. The van der Waals surface area contributed by atoms with Gasteiger partial charge < -0.3 is 29.2 Å². The van der Waals surface area contributed by atoms with Crippen LogP contribution in [-0.4, -0.2) is 37.9 Å². The Kier molecular flexibility index (Phi) is 4.86. The van der Waals surface area contributed by atoms with Crippen LogP contribution in [-0.2, 0) is 4.79 Å². The third-order valence-corrected chi connectivity index (χ3v) is 5.57. The Labute approximate surface area is 179 Å². The van der Waals surface area contributed by atoms with Crippen molar-refractivity contribution in [2.24, 2.45) is 0 Å². The number of nitrogens with one attached hydrogen (secondary N) is 3. The van der Waals surface area contributed by atoms with Gasteiger partial charge in [-0.05, 0) is 37.3 Å². The number of ether oxygens (including phenoxy) is 2. The molecule has 0 saturated heterocycles. The highest BCUT2D eigenvalue weighted by atomic mass is 32.2. The number of H-pyrrole nitrogens is 2. The van der Waals surface area contributed by atoms with Gasteiger partial charge in [-0.15, -0.1) is 10.2 Å². The highest BCUT2D eigenvalue weighted by Gasteiger charge is 2.28. The summed E-state index contributed by atoms with van der Waals surface area (Å²) in [5.41, 5.74) is 1.55. The molecule has 0 radical (unpaired) electrons. The summed E-state index contributed by atoms with van der Waals surface area (Å²) in [6.45, 7) is 1.99. The van der Waals surface area contributed by atoms with E-state index in [1.807, 2.05) is 18.2 Å². The number of hydrogen-bond donors (Lipinski definition) is 3. The second-order valence-electron chi connectivity index (χ2n) is 6.86. The molecule has 0 saturated carbocycles. The van der Waals surface area contributed by atoms with Gasteiger partial charge in [0.15, 0.2) is 11.5 Å². The van der Waals surface area contributed by atoms with Crippen molar-refractivity contribution < 1.29 is 18.7 Å². The third kappa shape index (κ3) is 3.99. The predicted octanol–water partition coefficient (Wildman–Crippen LogP) is 2.87. The number of hydrogen-bond acceptors (Lipinski definition) is 8. The summed E-state index contributed by atoms with van der Waals surface area (Å²) in [4.78, 5) is 29.2. The van der Waals surface area contributed by atoms with Crippen molar-refractivity contribution in [3.05, 3.63) is 58.8 Å². The number of carbonyl (C=O) groups is 1. The van der Waals surface area contributed by atoms with E-state index in [1.165, 1.54) is 0 Å². The smallest absolute Gasteiger partial charge is 0.323 e. The van der Waals surface area contributed by atoms with Gasteiger partial charge in [-0.25, -0.2) is 4.79 Å². The van der Waals surface area contributed by atoms with Crippen molar-refractivity contribution >= 4 is 34.4 Å². The molecular formula is C20H17N5O5S. The molecule has 3 N–H and O–H groups in total. The number of nitrogens with zero attached hydrogens (tertiary/aromatic N) is 2. The van der Waals surface area contributed by atoms with Crippen LogP contribution >= 0.6 is 11.8 Å². The summed E-state index contributed by atoms with van der Waals surface area (Å²) in [5, 5.41) is 10.6. The van der Waals surface area contributed by atoms with Crippen LogP contribution in [0.3, 0.4) is 0 Å². The fourth-order valence-corrected chi connectivity index (χ4v) is 3.79. The van der Waals surface area contributed by atoms with Gasteiger partial charge in [-0.3, -0.25) is 4.79 Å². The lowest BCUT2D eigenvalue weighted by molar-refractivity contribution is -0.115. The van der Waals surface area contributed by atoms with E-state index in [-0.39, 0.29) is 29.3 Å². The first-order valence-corrected chi connectivity index (χ1v) is 10.3. The second-order valence-corrected chi connectivity index (χ2v) is 8.15. The quantitative estimate of drug-likeness (QED) is 0.404. The van der Waals surface area contributed by atoms with Crippen molar-refractivity contribution in [2.45, 2.75) is 23.5 Å². The number of aromatic nitrogens is 4. The molecule has 0 fully saturated rings. The molecule has 158 valence electrons. The minimum Gasteiger partial charge on any atom is -0.485 e. The summed E-state index contributed by atoms with van der Waals surface area (Å²) in [5.74, 6) is 1.32. The molecule has 31 heavy (non-hydrogen) atoms. The Morgan fingerprint density at radius 3 is 2.84 bits per heavy atom. The normalized spacial score (nSPS) is 16.2. The molecule has 0 spiro atoms. The molecular weight excluding hydrogens is 422 g/mol. The second kappa shape index (κ2) is 7.84. The van der Waals surface area contributed by atoms with Crippen molar-refractivity contribution in [1.82, 2.24) is 20.2 Å². The van der Waals surface area contributed by atoms with Gasteiger partial charge >= 0.3 is 5.69 Å². The molecule has 2 aromatic carbocycles. The van der Waals surface area contributed by atoms with Crippen LogP contribution < -0.4 is 20.5 Å². The van der Waals surface area contributed by atoms with Crippen LogP contribution in [0.5, 0.6) is 11.5 Å². The third-order valence-electron chi connectivity index (χ3n) is 4.64. The predicted molar refractivity (Wildman–Crippen MR) is 112 cm³/mol. The maximum absolute atomic E-state index is 12.6. The minimum atomic E-state index is -0.517. The highest BCUT2D eigenvalue weighted by molar-refractivity contribution is 8.00. The number of para-hydroxylation sites is 2. The molecule has 11 heteroatoms. The van der Waals surface area contributed by atoms with Crippen molar-refractivity contribution in [1.29, 1.82) is 0 Å². The Bertz CT molecular complexity index is 1310. The Morgan fingerprint density at radius 2 is 1.97 bits per heavy atom. The lowest BCUT2D eigenvalue weighted by Gasteiger charge is -2.23. The first-order valence-electron chi connectivity index (χ1n) is 9.46. The summed E-state index contributed by atoms with van der Waals surface area (Å²) >= 11 is 1.14. The topological polar surface area (TPSA) is 135 Å². The number of fused-ring (bicyclic) bond motifs is 2. The van der Waals surface area contributed by atoms with E-state index in [9.17, 15) is 9.59 Å². The molecule has 3 heterocycles. The molecule has 10 nitrogen and oxygen atoms in total. The molecule has 0 bridgehead atoms. The standard InChI is InChI=1S/C20H17N5O5S/c1-10(17(26)21-11-6-7-12-13(8-11)23-19(27)22-12)31-20-25-24-18(30-20)16-9-28-14-4-2-3-5-15(14)29-16/h2-8,10,16H,9H2,1H3,(H,21,26)(H2,22,23,27)/t10-,16+/m0/s1. The molecule has 1 aliphatic heterocycles. The van der Waals surface area contributed by atoms with E-state index < -0.39 is 11.4 Å². The van der Waals surface area contributed by atoms with Gasteiger partial charge in [0.1, 0.15) is 6.61 Å². The van der Waals surface area contributed by atoms with Crippen molar-refractivity contribution in [2.75, 3.05) is 11.9 Å². The average molecular weight is 439 g/mol. The van der Waals surface area contributed by atoms with E-state index in [0.29, 0.717) is 28.2 Å². The maximum Gasteiger partial charge on any atom is 0.323 e. The van der Waals surface area contributed by atoms with E-state index in [1.54, 1.807) is 31.2 Å². The number of anilines is 1. The first-order chi connectivity index (χ1) is 15.0. The fourth-order valence-electron chi connectivity index (χ4n) is 3.10. The number of thioether (sulfide) groups is 1. The lowest BCUT2D eigenvalue weighted by atomic mass is 10.2. The molecule has 0 unspecified atom stereocenters. The molecule has 2 aromatic heterocycles. The molecule has 1 amide bonds. The number of imidazole rings is 1. The number of benzene rings is 2. The largest absolute Gasteiger partial charge is 0.485 e. The molecule has 2 atom stereocenters. The SMILES string of the molecule is C[C@H](Sc1nnc([C@H]2COc3ccccc3O2)o1)C(=O)Nc1ccc2[nH]c(=O)[nH]c2c1. The van der Waals surface area contributed by atoms with Gasteiger partial charge in [-0.1, -0.05) is 23.9 Å². The monoisotopic (exact) mass is 439 g/mol. The minimum absolute atomic E-state index is 0.242. The van der Waals surface area contributed by atoms with Crippen LogP contribution in [0.25, 0.3) is 11.0 Å². The van der Waals surface area contributed by atoms with Gasteiger partial charge in [0.25, 0.3) is 11.1 Å². The molecule has 0 aliphatic carbocycles. The summed E-state index contributed by atoms with van der Waals surface area (Å²) in [6, 6.07) is 12.5. The zero-order chi connectivity index (χ0) is 21.4. The average Bonchev–Trinajstić information content (AvgIpc) is 3.38. The maximum atomic E-state index is 12.6. The van der Waals surface area contributed by atoms with E-state index in [2.05, 4.69) is 25.5 Å². The number of aromatic amines is 2.